The minimum atomic E-state index is -0.216. The highest BCUT2D eigenvalue weighted by Gasteiger charge is 2.33. The number of anilines is 1. The zero-order valence-electron chi connectivity index (χ0n) is 14.2. The Hall–Kier alpha value is -2.40. The molecule has 1 aromatic heterocycles. The second-order valence-electron chi connectivity index (χ2n) is 6.35. The van der Waals surface area contributed by atoms with Gasteiger partial charge in [0, 0.05) is 17.1 Å². The van der Waals surface area contributed by atoms with E-state index < -0.39 is 0 Å². The molecule has 1 aliphatic heterocycles. The first-order valence-electron chi connectivity index (χ1n) is 8.42. The number of hydrogen-bond acceptors (Lipinski definition) is 4. The molecular weight excluding hydrogens is 330 g/mol. The van der Waals surface area contributed by atoms with Crippen molar-refractivity contribution in [2.45, 2.75) is 36.6 Å². The lowest BCUT2D eigenvalue weighted by Crippen LogP contribution is -2.40. The Morgan fingerprint density at radius 1 is 1.16 bits per heavy atom. The summed E-state index contributed by atoms with van der Waals surface area (Å²) in [4.78, 5) is 23.8. The molecule has 0 bridgehead atoms. The number of carbonyl (C=O) groups excluding carboxylic acids is 1. The van der Waals surface area contributed by atoms with Gasteiger partial charge >= 0.3 is 0 Å². The minimum Gasteiger partial charge on any atom is -0.308 e. The predicted octanol–water partition coefficient (Wildman–Crippen LogP) is 4.09. The van der Waals surface area contributed by atoms with E-state index in [-0.39, 0.29) is 17.2 Å². The van der Waals surface area contributed by atoms with E-state index in [1.54, 1.807) is 6.33 Å². The molecule has 0 radical (unpaired) electrons. The van der Waals surface area contributed by atoms with Crippen molar-refractivity contribution in [3.63, 3.8) is 0 Å². The van der Waals surface area contributed by atoms with Crippen LogP contribution < -0.4 is 4.90 Å². The Bertz CT molecular complexity index is 938. The number of fused-ring (bicyclic) bond motifs is 2. The maximum atomic E-state index is 13.1. The molecule has 126 valence electrons. The van der Waals surface area contributed by atoms with Gasteiger partial charge in [-0.15, -0.1) is 0 Å². The van der Waals surface area contributed by atoms with Gasteiger partial charge in [-0.25, -0.2) is 9.97 Å². The van der Waals surface area contributed by atoms with Crippen molar-refractivity contribution < 1.29 is 4.79 Å². The molecule has 4 rings (SSSR count). The van der Waals surface area contributed by atoms with Crippen molar-refractivity contribution in [3.8, 4) is 0 Å². The summed E-state index contributed by atoms with van der Waals surface area (Å²) < 4.78 is 0. The summed E-state index contributed by atoms with van der Waals surface area (Å²) in [5.74, 6) is 0.130. The van der Waals surface area contributed by atoms with Gasteiger partial charge in [0.25, 0.3) is 0 Å². The molecule has 0 fully saturated rings. The molecule has 0 saturated heterocycles. The van der Waals surface area contributed by atoms with E-state index in [9.17, 15) is 4.79 Å². The molecule has 0 spiro atoms. The average molecular weight is 349 g/mol. The van der Waals surface area contributed by atoms with Crippen molar-refractivity contribution in [2.75, 3.05) is 4.90 Å². The third-order valence-electron chi connectivity index (χ3n) is 4.59. The Morgan fingerprint density at radius 3 is 2.80 bits per heavy atom. The van der Waals surface area contributed by atoms with Crippen LogP contribution in [0.3, 0.4) is 0 Å². The van der Waals surface area contributed by atoms with Crippen LogP contribution in [0, 0.1) is 0 Å². The quantitative estimate of drug-likeness (QED) is 0.528. The summed E-state index contributed by atoms with van der Waals surface area (Å²) in [5.41, 5.74) is 3.19. The number of para-hydroxylation sites is 2. The van der Waals surface area contributed by atoms with Gasteiger partial charge in [-0.05, 0) is 38.0 Å². The zero-order valence-corrected chi connectivity index (χ0v) is 15.0. The van der Waals surface area contributed by atoms with Crippen LogP contribution in [-0.4, -0.2) is 27.2 Å². The number of hydrogen-bond donors (Lipinski definition) is 0. The highest BCUT2D eigenvalue weighted by molar-refractivity contribution is 8.00. The molecule has 1 aliphatic rings. The molecule has 2 heterocycles. The number of rotatable bonds is 3. The number of carbonyl (C=O) groups is 1. The van der Waals surface area contributed by atoms with Crippen molar-refractivity contribution in [1.82, 2.24) is 9.97 Å². The fraction of sp³-hybridized carbons (Fsp3) is 0.250. The number of thioether (sulfide) groups is 1. The predicted molar refractivity (Wildman–Crippen MR) is 102 cm³/mol. The van der Waals surface area contributed by atoms with E-state index in [1.807, 2.05) is 54.3 Å². The van der Waals surface area contributed by atoms with Gasteiger partial charge in [0.2, 0.25) is 5.91 Å². The van der Waals surface area contributed by atoms with Crippen molar-refractivity contribution >= 4 is 34.3 Å². The van der Waals surface area contributed by atoms with Crippen LogP contribution in [-0.2, 0) is 11.2 Å². The number of aromatic nitrogens is 2. The first kappa shape index (κ1) is 16.1. The summed E-state index contributed by atoms with van der Waals surface area (Å²) in [6.45, 7) is 4.06. The van der Waals surface area contributed by atoms with Gasteiger partial charge in [-0.2, -0.15) is 0 Å². The minimum absolute atomic E-state index is 0.130. The fourth-order valence-corrected chi connectivity index (χ4v) is 4.35. The summed E-state index contributed by atoms with van der Waals surface area (Å²) >= 11 is 1.50. The molecule has 0 unspecified atom stereocenters. The normalized spacial score (nSPS) is 17.5. The van der Waals surface area contributed by atoms with Gasteiger partial charge in [-0.3, -0.25) is 4.79 Å². The fourth-order valence-electron chi connectivity index (χ4n) is 3.39. The molecule has 4 nitrogen and oxygen atoms in total. The van der Waals surface area contributed by atoms with E-state index in [0.29, 0.717) is 0 Å². The molecule has 25 heavy (non-hydrogen) atoms. The molecule has 0 aliphatic carbocycles. The molecule has 0 saturated carbocycles. The van der Waals surface area contributed by atoms with E-state index in [4.69, 9.17) is 0 Å². The first-order valence-corrected chi connectivity index (χ1v) is 9.30. The SMILES string of the molecule is C[C@H](Sc1ncnc2ccccc12)C(=O)N1c2ccccc2C[C@H]1C. The van der Waals surface area contributed by atoms with Crippen LogP contribution in [0.2, 0.25) is 0 Å². The van der Waals surface area contributed by atoms with E-state index >= 15 is 0 Å². The Balaban J connectivity index is 1.61. The van der Waals surface area contributed by atoms with E-state index in [1.165, 1.54) is 17.3 Å². The number of amides is 1. The molecule has 2 atom stereocenters. The monoisotopic (exact) mass is 349 g/mol. The van der Waals surface area contributed by atoms with E-state index in [2.05, 4.69) is 23.0 Å². The lowest BCUT2D eigenvalue weighted by atomic mass is 10.1. The van der Waals surface area contributed by atoms with Gasteiger partial charge < -0.3 is 4.90 Å². The van der Waals surface area contributed by atoms with Crippen LogP contribution >= 0.6 is 11.8 Å². The highest BCUT2D eigenvalue weighted by atomic mass is 32.2. The maximum absolute atomic E-state index is 13.1. The lowest BCUT2D eigenvalue weighted by molar-refractivity contribution is -0.118. The van der Waals surface area contributed by atoms with Crippen molar-refractivity contribution in [2.24, 2.45) is 0 Å². The Kier molecular flexibility index (Phi) is 4.17. The average Bonchev–Trinajstić information content (AvgIpc) is 2.97. The van der Waals surface area contributed by atoms with Crippen LogP contribution in [0.4, 0.5) is 5.69 Å². The highest BCUT2D eigenvalue weighted by Crippen LogP contribution is 2.35. The Morgan fingerprint density at radius 2 is 1.92 bits per heavy atom. The van der Waals surface area contributed by atoms with Gasteiger partial charge in [0.15, 0.2) is 0 Å². The largest absolute Gasteiger partial charge is 0.308 e. The standard InChI is InChI=1S/C20H19N3OS/c1-13-11-15-7-3-6-10-18(15)23(13)20(24)14(2)25-19-16-8-4-5-9-17(16)21-12-22-19/h3-10,12-14H,11H2,1-2H3/t13-,14+/m1/s1. The second kappa shape index (κ2) is 6.48. The van der Waals surface area contributed by atoms with Crippen LogP contribution in [0.1, 0.15) is 19.4 Å². The summed E-state index contributed by atoms with van der Waals surface area (Å²) in [6, 6.07) is 16.3. The van der Waals surface area contributed by atoms with Crippen molar-refractivity contribution in [3.05, 3.63) is 60.4 Å². The summed E-state index contributed by atoms with van der Waals surface area (Å²) in [5, 5.41) is 1.63. The molecule has 5 heteroatoms. The molecule has 2 aromatic carbocycles. The van der Waals surface area contributed by atoms with Crippen molar-refractivity contribution in [1.29, 1.82) is 0 Å². The number of benzene rings is 2. The third kappa shape index (κ3) is 2.89. The molecule has 3 aromatic rings. The molecule has 1 amide bonds. The lowest BCUT2D eigenvalue weighted by Gasteiger charge is -2.25. The third-order valence-corrected chi connectivity index (χ3v) is 5.69. The maximum Gasteiger partial charge on any atom is 0.240 e. The smallest absolute Gasteiger partial charge is 0.240 e. The molecular formula is C20H19N3OS. The first-order chi connectivity index (χ1) is 12.1. The van der Waals surface area contributed by atoms with Crippen LogP contribution in [0.15, 0.2) is 59.9 Å². The second-order valence-corrected chi connectivity index (χ2v) is 7.68. The van der Waals surface area contributed by atoms with E-state index in [0.717, 1.165) is 28.0 Å². The number of nitrogens with zero attached hydrogens (tertiary/aromatic N) is 3. The topological polar surface area (TPSA) is 46.1 Å². The van der Waals surface area contributed by atoms with Gasteiger partial charge in [0.1, 0.15) is 11.4 Å². The molecule has 0 N–H and O–H groups in total. The van der Waals surface area contributed by atoms with Gasteiger partial charge in [0.05, 0.1) is 10.8 Å². The van der Waals surface area contributed by atoms with Gasteiger partial charge in [-0.1, -0.05) is 48.2 Å². The zero-order chi connectivity index (χ0) is 17.4. The summed E-state index contributed by atoms with van der Waals surface area (Å²) in [6.07, 6.45) is 2.48. The Labute approximate surface area is 151 Å². The van der Waals surface area contributed by atoms with Crippen LogP contribution in [0.5, 0.6) is 0 Å². The van der Waals surface area contributed by atoms with Crippen LogP contribution in [0.25, 0.3) is 10.9 Å². The summed E-state index contributed by atoms with van der Waals surface area (Å²) in [7, 11) is 0.